The maximum Gasteiger partial charge on any atom is 0.472 e. The van der Waals surface area contributed by atoms with Crippen LogP contribution in [0.5, 0.6) is 0 Å². The summed E-state index contributed by atoms with van der Waals surface area (Å²) in [4.78, 5) is 48.8. The number of esters is 3. The van der Waals surface area contributed by atoms with E-state index in [1.807, 2.05) is 12.2 Å². The molecule has 12 heteroatoms. The van der Waals surface area contributed by atoms with Gasteiger partial charge in [0.25, 0.3) is 0 Å². The summed E-state index contributed by atoms with van der Waals surface area (Å²) in [5.41, 5.74) is 0. The number of ether oxygens (including phenoxy) is 3. The minimum Gasteiger partial charge on any atom is -0.462 e. The Bertz CT molecular complexity index is 1750. The van der Waals surface area contributed by atoms with Gasteiger partial charge in [-0.15, -0.1) is 0 Å². The fourth-order valence-corrected chi connectivity index (χ4v) is 9.75. The van der Waals surface area contributed by atoms with Gasteiger partial charge in [0.2, 0.25) is 0 Å². The Morgan fingerprint density at radius 3 is 1.02 bits per heavy atom. The van der Waals surface area contributed by atoms with Crippen molar-refractivity contribution < 1.29 is 52.2 Å². The molecule has 0 aromatic rings. The van der Waals surface area contributed by atoms with Crippen LogP contribution in [0.2, 0.25) is 0 Å². The number of phosphoric acid groups is 1. The van der Waals surface area contributed by atoms with Crippen molar-refractivity contribution in [2.45, 2.75) is 303 Å². The van der Waals surface area contributed by atoms with Gasteiger partial charge in [0, 0.05) is 19.3 Å². The molecule has 0 aromatic carbocycles. The molecule has 472 valence electrons. The number of allylic oxidation sites excluding steroid dienone is 16. The van der Waals surface area contributed by atoms with Crippen LogP contribution in [0.3, 0.4) is 0 Å². The summed E-state index contributed by atoms with van der Waals surface area (Å²) in [5, 5.41) is 9.86. The summed E-state index contributed by atoms with van der Waals surface area (Å²) in [6, 6.07) is 0. The first-order valence-electron chi connectivity index (χ1n) is 33.1. The molecule has 0 spiro atoms. The Hall–Kier alpha value is -3.60. The average molecular weight is 1170 g/mol. The first-order valence-corrected chi connectivity index (χ1v) is 34.6. The normalized spacial score (nSPS) is 13.9. The zero-order valence-electron chi connectivity index (χ0n) is 52.4. The molecule has 0 fully saturated rings. The molecule has 0 amide bonds. The third kappa shape index (κ3) is 61.0. The van der Waals surface area contributed by atoms with Gasteiger partial charge < -0.3 is 24.2 Å². The highest BCUT2D eigenvalue weighted by molar-refractivity contribution is 7.47. The van der Waals surface area contributed by atoms with Crippen LogP contribution < -0.4 is 0 Å². The summed E-state index contributed by atoms with van der Waals surface area (Å²) in [6.45, 7) is 4.47. The first-order chi connectivity index (χ1) is 40.2. The zero-order chi connectivity index (χ0) is 59.8. The highest BCUT2D eigenvalue weighted by Gasteiger charge is 2.28. The van der Waals surface area contributed by atoms with Gasteiger partial charge in [0.05, 0.1) is 19.8 Å². The lowest BCUT2D eigenvalue weighted by Gasteiger charge is -2.21. The Balaban J connectivity index is 4.79. The maximum atomic E-state index is 13.0. The minimum absolute atomic E-state index is 0.0982. The molecule has 0 saturated carbocycles. The molecule has 82 heavy (non-hydrogen) atoms. The Labute approximate surface area is 502 Å². The van der Waals surface area contributed by atoms with Crippen molar-refractivity contribution in [3.05, 3.63) is 97.2 Å². The number of aliphatic hydroxyl groups is 1. The highest BCUT2D eigenvalue weighted by atomic mass is 31.2. The quantitative estimate of drug-likeness (QED) is 0.0197. The molecule has 0 saturated heterocycles. The average Bonchev–Trinajstić information content (AvgIpc) is 3.47. The van der Waals surface area contributed by atoms with Crippen LogP contribution in [0.1, 0.15) is 290 Å². The SMILES string of the molecule is CC/C=C\C/C=C\C/C=C\C/C=C\C/C=C\C/C=C\CCC(=O)OCC(COP(=O)(O)OCC(CO)OC(=O)CCCCCCCCC/C=C\CCCCCCCC)OC(=O)CCCCCCCCCCC/C=C\CCCCCCCC. The van der Waals surface area contributed by atoms with Crippen LogP contribution in [0.15, 0.2) is 97.2 Å². The molecular weight excluding hydrogens is 1050 g/mol. The first kappa shape index (κ1) is 78.4. The fourth-order valence-electron chi connectivity index (χ4n) is 8.96. The number of carbonyl (C=O) groups is 3. The number of hydrogen-bond donors (Lipinski definition) is 2. The van der Waals surface area contributed by atoms with E-state index < -0.39 is 57.8 Å². The van der Waals surface area contributed by atoms with E-state index in [0.29, 0.717) is 19.3 Å². The number of rotatable bonds is 61. The summed E-state index contributed by atoms with van der Waals surface area (Å²) < 4.78 is 39.6. The van der Waals surface area contributed by atoms with Crippen LogP contribution in [0, 0.1) is 0 Å². The van der Waals surface area contributed by atoms with E-state index in [-0.39, 0.29) is 25.9 Å². The predicted molar refractivity (Wildman–Crippen MR) is 344 cm³/mol. The van der Waals surface area contributed by atoms with Crippen LogP contribution in [-0.2, 0) is 42.2 Å². The van der Waals surface area contributed by atoms with Gasteiger partial charge in [-0.25, -0.2) is 4.57 Å². The van der Waals surface area contributed by atoms with Gasteiger partial charge in [0.15, 0.2) is 6.10 Å². The van der Waals surface area contributed by atoms with E-state index in [1.165, 1.54) is 148 Å². The van der Waals surface area contributed by atoms with E-state index >= 15 is 0 Å². The van der Waals surface area contributed by atoms with Crippen molar-refractivity contribution in [3.63, 3.8) is 0 Å². The topological polar surface area (TPSA) is 155 Å². The lowest BCUT2D eigenvalue weighted by atomic mass is 10.1. The van der Waals surface area contributed by atoms with E-state index in [1.54, 1.807) is 0 Å². The Morgan fingerprint density at radius 1 is 0.354 bits per heavy atom. The zero-order valence-corrected chi connectivity index (χ0v) is 53.3. The van der Waals surface area contributed by atoms with Gasteiger partial charge in [-0.05, 0) is 109 Å². The van der Waals surface area contributed by atoms with E-state index in [9.17, 15) is 28.9 Å². The van der Waals surface area contributed by atoms with Crippen molar-refractivity contribution in [2.75, 3.05) is 26.4 Å². The highest BCUT2D eigenvalue weighted by Crippen LogP contribution is 2.43. The molecule has 3 atom stereocenters. The smallest absolute Gasteiger partial charge is 0.462 e. The second-order valence-electron chi connectivity index (χ2n) is 21.9. The van der Waals surface area contributed by atoms with Crippen LogP contribution >= 0.6 is 7.82 Å². The predicted octanol–water partition coefficient (Wildman–Crippen LogP) is 20.4. The summed E-state index contributed by atoms with van der Waals surface area (Å²) in [5.74, 6) is -1.57. The second-order valence-corrected chi connectivity index (χ2v) is 23.3. The molecule has 3 unspecified atom stereocenters. The van der Waals surface area contributed by atoms with Crippen molar-refractivity contribution in [1.82, 2.24) is 0 Å². The molecule has 0 rings (SSSR count). The number of aliphatic hydroxyl groups excluding tert-OH is 1. The van der Waals surface area contributed by atoms with Crippen LogP contribution in [0.4, 0.5) is 0 Å². The molecule has 2 N–H and O–H groups in total. The summed E-state index contributed by atoms with van der Waals surface area (Å²) in [6.07, 6.45) is 76.6. The molecule has 0 aliphatic heterocycles. The monoisotopic (exact) mass is 1170 g/mol. The van der Waals surface area contributed by atoms with Crippen LogP contribution in [0.25, 0.3) is 0 Å². The van der Waals surface area contributed by atoms with E-state index in [2.05, 4.69) is 106 Å². The van der Waals surface area contributed by atoms with E-state index in [0.717, 1.165) is 83.5 Å². The van der Waals surface area contributed by atoms with Gasteiger partial charge in [-0.2, -0.15) is 0 Å². The number of carbonyl (C=O) groups excluding carboxylic acids is 3. The molecule has 0 aliphatic rings. The fraction of sp³-hybridized carbons (Fsp3) is 0.729. The van der Waals surface area contributed by atoms with Crippen LogP contribution in [-0.4, -0.2) is 66.5 Å². The Kier molecular flexibility index (Phi) is 60.6. The van der Waals surface area contributed by atoms with Gasteiger partial charge in [-0.3, -0.25) is 23.4 Å². The van der Waals surface area contributed by atoms with Crippen molar-refractivity contribution in [2.24, 2.45) is 0 Å². The standard InChI is InChI=1S/C70H121O11P/c1-4-7-10-13-16-19-22-25-28-31-33-36-38-41-44-47-50-53-56-59-68(72)77-63-67(81-70(74)61-58-55-52-49-46-43-40-37-34-32-29-26-23-20-17-14-11-8-5-2)65-79-82(75,76)78-64-66(62-71)80-69(73)60-57-54-51-48-45-42-39-35-30-27-24-21-18-15-12-9-6-3/h7,10,16,19,25-30,33,36,41,44,50,53,66-67,71H,4-6,8-9,11-15,17-18,20-24,31-32,34-35,37-40,42-43,45-49,51-52,54-65H2,1-3H3,(H,75,76)/b10-7-,19-16-,28-25-,29-26-,30-27-,36-33-,44-41-,53-50-. The molecule has 0 aliphatic carbocycles. The number of phosphoric ester groups is 1. The lowest BCUT2D eigenvalue weighted by molar-refractivity contribution is -0.161. The largest absolute Gasteiger partial charge is 0.472 e. The van der Waals surface area contributed by atoms with E-state index in [4.69, 9.17) is 23.3 Å². The van der Waals surface area contributed by atoms with Crippen molar-refractivity contribution in [1.29, 1.82) is 0 Å². The Morgan fingerprint density at radius 2 is 0.659 bits per heavy atom. The van der Waals surface area contributed by atoms with Crippen molar-refractivity contribution in [3.8, 4) is 0 Å². The van der Waals surface area contributed by atoms with Crippen molar-refractivity contribution >= 4 is 25.7 Å². The molecule has 11 nitrogen and oxygen atoms in total. The molecular formula is C70H121O11P. The third-order valence-corrected chi connectivity index (χ3v) is 14.9. The van der Waals surface area contributed by atoms with Gasteiger partial charge in [0.1, 0.15) is 12.7 Å². The number of unbranched alkanes of at least 4 members (excludes halogenated alkanes) is 28. The molecule has 0 heterocycles. The molecule has 0 aromatic heterocycles. The molecule has 0 radical (unpaired) electrons. The molecule has 0 bridgehead atoms. The second kappa shape index (κ2) is 63.4. The summed E-state index contributed by atoms with van der Waals surface area (Å²) in [7, 11) is -4.78. The lowest BCUT2D eigenvalue weighted by Crippen LogP contribution is -2.30. The van der Waals surface area contributed by atoms with Gasteiger partial charge in [-0.1, -0.05) is 259 Å². The minimum atomic E-state index is -4.78. The maximum absolute atomic E-state index is 13.0. The summed E-state index contributed by atoms with van der Waals surface area (Å²) >= 11 is 0. The van der Waals surface area contributed by atoms with Gasteiger partial charge >= 0.3 is 25.7 Å². The number of hydrogen-bond acceptors (Lipinski definition) is 10. The third-order valence-electron chi connectivity index (χ3n) is 14.0.